The number of carbonyl (C=O) groups is 2. The quantitative estimate of drug-likeness (QED) is 0.809. The van der Waals surface area contributed by atoms with Crippen LogP contribution in [0.4, 0.5) is 0 Å². The average molecular weight is 374 g/mol. The van der Waals surface area contributed by atoms with Gasteiger partial charge in [0.2, 0.25) is 0 Å². The van der Waals surface area contributed by atoms with E-state index in [1.807, 2.05) is 61.4 Å². The number of carbonyl (C=O) groups excluding carboxylic acids is 2. The van der Waals surface area contributed by atoms with Crippen molar-refractivity contribution in [3.8, 4) is 11.8 Å². The van der Waals surface area contributed by atoms with Crippen LogP contribution in [-0.4, -0.2) is 39.5 Å². The molecular weight excluding hydrogens is 352 g/mol. The summed E-state index contributed by atoms with van der Waals surface area (Å²) in [6.45, 7) is 4.94. The molecule has 0 unspecified atom stereocenters. The highest BCUT2D eigenvalue weighted by molar-refractivity contribution is 6.04. The van der Waals surface area contributed by atoms with Gasteiger partial charge in [0.1, 0.15) is 6.07 Å². The normalized spacial score (nSPS) is 23.5. The molecule has 2 aliphatic rings. The number of hydrogen-bond donors (Lipinski definition) is 0. The number of hydrogen-bond acceptors (Lipinski definition) is 4. The Kier molecular flexibility index (Phi) is 4.19. The number of nitriles is 1. The highest BCUT2D eigenvalue weighted by Crippen LogP contribution is 2.48. The van der Waals surface area contributed by atoms with Gasteiger partial charge in [-0.2, -0.15) is 10.4 Å². The minimum atomic E-state index is -0.579. The van der Waals surface area contributed by atoms with Crippen molar-refractivity contribution in [2.24, 2.45) is 10.8 Å². The molecule has 4 rings (SSSR count). The molecule has 1 amide bonds. The maximum Gasteiger partial charge on any atom is 0.253 e. The van der Waals surface area contributed by atoms with Gasteiger partial charge in [0.25, 0.3) is 5.91 Å². The maximum absolute atomic E-state index is 13.0. The molecule has 142 valence electrons. The Hall–Kier alpha value is -3.20. The molecule has 2 heterocycles. The maximum atomic E-state index is 13.0. The third-order valence-electron chi connectivity index (χ3n) is 5.78. The van der Waals surface area contributed by atoms with Crippen molar-refractivity contribution < 1.29 is 9.59 Å². The summed E-state index contributed by atoms with van der Waals surface area (Å²) in [5.74, 6) is -0.120. The van der Waals surface area contributed by atoms with Crippen LogP contribution in [0.3, 0.4) is 0 Å². The van der Waals surface area contributed by atoms with Crippen LogP contribution in [0.15, 0.2) is 54.4 Å². The first kappa shape index (κ1) is 18.2. The third-order valence-corrected chi connectivity index (χ3v) is 5.78. The van der Waals surface area contributed by atoms with Gasteiger partial charge in [-0.15, -0.1) is 0 Å². The lowest BCUT2D eigenvalue weighted by atomic mass is 9.64. The summed E-state index contributed by atoms with van der Waals surface area (Å²) >= 11 is 0. The summed E-state index contributed by atoms with van der Waals surface area (Å²) in [6.07, 6.45) is 6.81. The fraction of sp³-hybridized carbons (Fsp3) is 0.364. The number of rotatable bonds is 2. The third kappa shape index (κ3) is 3.03. The van der Waals surface area contributed by atoms with E-state index in [1.165, 1.54) is 0 Å². The van der Waals surface area contributed by atoms with Crippen LogP contribution in [0.5, 0.6) is 0 Å². The van der Waals surface area contributed by atoms with Crippen LogP contribution in [0.1, 0.15) is 37.0 Å². The van der Waals surface area contributed by atoms with E-state index in [2.05, 4.69) is 11.2 Å². The number of aromatic nitrogens is 2. The molecule has 2 aromatic rings. The highest BCUT2D eigenvalue weighted by atomic mass is 16.2. The summed E-state index contributed by atoms with van der Waals surface area (Å²) in [7, 11) is 0. The Morgan fingerprint density at radius 1 is 1.25 bits per heavy atom. The molecule has 1 saturated heterocycles. The zero-order valence-corrected chi connectivity index (χ0v) is 16.1. The van der Waals surface area contributed by atoms with Crippen LogP contribution in [-0.2, 0) is 4.79 Å². The van der Waals surface area contributed by atoms with Crippen LogP contribution in [0.2, 0.25) is 0 Å². The van der Waals surface area contributed by atoms with Crippen LogP contribution >= 0.6 is 0 Å². The zero-order chi connectivity index (χ0) is 19.9. The van der Waals surface area contributed by atoms with Crippen LogP contribution in [0.25, 0.3) is 5.69 Å². The van der Waals surface area contributed by atoms with Gasteiger partial charge in [0.15, 0.2) is 5.78 Å². The number of amides is 1. The molecule has 6 nitrogen and oxygen atoms in total. The minimum Gasteiger partial charge on any atom is -0.338 e. The molecule has 28 heavy (non-hydrogen) atoms. The van der Waals surface area contributed by atoms with E-state index >= 15 is 0 Å². The first-order valence-electron chi connectivity index (χ1n) is 9.41. The smallest absolute Gasteiger partial charge is 0.253 e. The molecule has 1 spiro atoms. The molecule has 0 saturated carbocycles. The van der Waals surface area contributed by atoms with Crippen LogP contribution in [0, 0.1) is 22.2 Å². The first-order chi connectivity index (χ1) is 13.3. The highest BCUT2D eigenvalue weighted by Gasteiger charge is 2.48. The lowest BCUT2D eigenvalue weighted by Crippen LogP contribution is -2.40. The standard InChI is InChI=1S/C22H22N4O2/c1-21(2)14-22(12-17(13-23)19(21)27)8-11-25(15-22)20(28)16-4-6-18(7-5-16)26-10-3-9-24-26/h3-7,9-10,12H,8,11,14-15H2,1-2H3/t22-/m0/s1. The van der Waals surface area contributed by atoms with E-state index in [1.54, 1.807) is 10.9 Å². The number of allylic oxidation sites excluding steroid dienone is 1. The molecule has 1 aliphatic carbocycles. The largest absolute Gasteiger partial charge is 0.338 e. The molecule has 1 aliphatic heterocycles. The van der Waals surface area contributed by atoms with Gasteiger partial charge >= 0.3 is 0 Å². The molecule has 0 bridgehead atoms. The predicted octanol–water partition coefficient (Wildman–Crippen LogP) is 3.15. The summed E-state index contributed by atoms with van der Waals surface area (Å²) in [5, 5.41) is 13.6. The van der Waals surface area contributed by atoms with Crippen LogP contribution < -0.4 is 0 Å². The van der Waals surface area contributed by atoms with Crippen molar-refractivity contribution in [2.75, 3.05) is 13.1 Å². The molecule has 1 fully saturated rings. The second kappa shape index (κ2) is 6.45. The average Bonchev–Trinajstić information content (AvgIpc) is 3.35. The Bertz CT molecular complexity index is 996. The van der Waals surface area contributed by atoms with Gasteiger partial charge in [-0.3, -0.25) is 9.59 Å². The Morgan fingerprint density at radius 2 is 2.00 bits per heavy atom. The summed E-state index contributed by atoms with van der Waals surface area (Å²) in [5.41, 5.74) is 0.878. The summed E-state index contributed by atoms with van der Waals surface area (Å²) < 4.78 is 1.74. The first-order valence-corrected chi connectivity index (χ1v) is 9.41. The topological polar surface area (TPSA) is 79.0 Å². The van der Waals surface area contributed by atoms with Gasteiger partial charge in [-0.25, -0.2) is 4.68 Å². The van der Waals surface area contributed by atoms with Gasteiger partial charge < -0.3 is 4.90 Å². The summed E-state index contributed by atoms with van der Waals surface area (Å²) in [6, 6.07) is 11.3. The predicted molar refractivity (Wildman–Crippen MR) is 104 cm³/mol. The van der Waals surface area contributed by atoms with Crippen molar-refractivity contribution in [2.45, 2.75) is 26.7 Å². The van der Waals surface area contributed by atoms with Crippen molar-refractivity contribution in [1.82, 2.24) is 14.7 Å². The number of ketones is 1. The molecule has 0 radical (unpaired) electrons. The molecule has 0 N–H and O–H groups in total. The molecule has 6 heteroatoms. The number of nitrogens with zero attached hydrogens (tertiary/aromatic N) is 4. The van der Waals surface area contributed by atoms with Crippen molar-refractivity contribution in [1.29, 1.82) is 5.26 Å². The van der Waals surface area contributed by atoms with Gasteiger partial charge in [-0.05, 0) is 43.2 Å². The van der Waals surface area contributed by atoms with E-state index in [0.717, 1.165) is 12.1 Å². The van der Waals surface area contributed by atoms with Crippen molar-refractivity contribution >= 4 is 11.7 Å². The van der Waals surface area contributed by atoms with E-state index in [-0.39, 0.29) is 22.7 Å². The van der Waals surface area contributed by atoms with E-state index in [4.69, 9.17) is 0 Å². The Morgan fingerprint density at radius 3 is 2.64 bits per heavy atom. The van der Waals surface area contributed by atoms with E-state index in [0.29, 0.717) is 25.1 Å². The molecule has 1 aromatic carbocycles. The zero-order valence-electron chi connectivity index (χ0n) is 16.1. The minimum absolute atomic E-state index is 0.0227. The lowest BCUT2D eigenvalue weighted by Gasteiger charge is -2.38. The number of likely N-dealkylation sites (tertiary alicyclic amines) is 1. The van der Waals surface area contributed by atoms with Crippen molar-refractivity contribution in [3.05, 3.63) is 59.9 Å². The van der Waals surface area contributed by atoms with Gasteiger partial charge in [0.05, 0.1) is 11.3 Å². The lowest BCUT2D eigenvalue weighted by molar-refractivity contribution is -0.125. The second-order valence-corrected chi connectivity index (χ2v) is 8.40. The van der Waals surface area contributed by atoms with Crippen molar-refractivity contribution in [3.63, 3.8) is 0 Å². The Balaban J connectivity index is 1.54. The molecular formula is C22H22N4O2. The van der Waals surface area contributed by atoms with E-state index < -0.39 is 5.41 Å². The fourth-order valence-corrected chi connectivity index (χ4v) is 4.52. The Labute approximate surface area is 164 Å². The summed E-state index contributed by atoms with van der Waals surface area (Å²) in [4.78, 5) is 27.2. The SMILES string of the molecule is CC1(C)C[C@@]2(C=C(C#N)C1=O)CCN(C(=O)c1ccc(-n3cccn3)cc1)C2. The molecule has 1 aromatic heterocycles. The molecule has 1 atom stereocenters. The van der Waals surface area contributed by atoms with E-state index in [9.17, 15) is 14.9 Å². The van der Waals surface area contributed by atoms with Gasteiger partial charge in [0, 0.05) is 41.9 Å². The van der Waals surface area contributed by atoms with Gasteiger partial charge in [-0.1, -0.05) is 19.9 Å². The number of benzene rings is 1. The second-order valence-electron chi connectivity index (χ2n) is 8.40. The monoisotopic (exact) mass is 374 g/mol. The number of Topliss-reactive ketones (excluding diaryl/α,β-unsaturated/α-hetero) is 1. The fourth-order valence-electron chi connectivity index (χ4n) is 4.52.